The topological polar surface area (TPSA) is 41.6 Å². The molecule has 1 heterocycles. The van der Waals surface area contributed by atoms with Gasteiger partial charge in [-0.25, -0.2) is 0 Å². The van der Waals surface area contributed by atoms with E-state index in [2.05, 4.69) is 24.1 Å². The Morgan fingerprint density at radius 2 is 2.00 bits per heavy atom. The molecule has 94 valence electrons. The molecule has 1 fully saturated rings. The molecule has 4 heteroatoms. The van der Waals surface area contributed by atoms with Gasteiger partial charge in [0.05, 0.1) is 13.2 Å². The van der Waals surface area contributed by atoms with Crippen molar-refractivity contribution >= 4 is 5.91 Å². The summed E-state index contributed by atoms with van der Waals surface area (Å²) in [5.41, 5.74) is 0. The van der Waals surface area contributed by atoms with Gasteiger partial charge in [-0.05, 0) is 18.3 Å². The van der Waals surface area contributed by atoms with E-state index in [0.717, 1.165) is 13.1 Å². The molecule has 0 unspecified atom stereocenters. The van der Waals surface area contributed by atoms with Gasteiger partial charge in [0.1, 0.15) is 0 Å². The van der Waals surface area contributed by atoms with Gasteiger partial charge in [-0.1, -0.05) is 13.8 Å². The highest BCUT2D eigenvalue weighted by molar-refractivity contribution is 5.77. The van der Waals surface area contributed by atoms with Gasteiger partial charge in [0.25, 0.3) is 0 Å². The summed E-state index contributed by atoms with van der Waals surface area (Å²) in [7, 11) is 1.64. The predicted molar refractivity (Wildman–Crippen MR) is 64.3 cm³/mol. The lowest BCUT2D eigenvalue weighted by atomic mass is 9.92. The van der Waals surface area contributed by atoms with Crippen molar-refractivity contribution in [1.82, 2.24) is 10.2 Å². The first-order valence-electron chi connectivity index (χ1n) is 6.09. The van der Waals surface area contributed by atoms with E-state index >= 15 is 0 Å². The highest BCUT2D eigenvalue weighted by Crippen LogP contribution is 2.20. The van der Waals surface area contributed by atoms with Gasteiger partial charge in [-0.3, -0.25) is 9.69 Å². The highest BCUT2D eigenvalue weighted by Gasteiger charge is 2.22. The van der Waals surface area contributed by atoms with Crippen molar-refractivity contribution in [3.63, 3.8) is 0 Å². The quantitative estimate of drug-likeness (QED) is 0.705. The molecule has 1 aliphatic rings. The summed E-state index contributed by atoms with van der Waals surface area (Å²) < 4.78 is 4.89. The number of ether oxygens (including phenoxy) is 1. The second-order valence-electron chi connectivity index (χ2n) is 4.98. The number of rotatable bonds is 5. The number of hydrogen-bond donors (Lipinski definition) is 1. The van der Waals surface area contributed by atoms with Crippen LogP contribution in [0.25, 0.3) is 0 Å². The molecule has 0 aliphatic carbocycles. The zero-order chi connectivity index (χ0) is 12.0. The van der Waals surface area contributed by atoms with Crippen molar-refractivity contribution in [3.05, 3.63) is 0 Å². The van der Waals surface area contributed by atoms with Crippen LogP contribution in [0.2, 0.25) is 0 Å². The maximum Gasteiger partial charge on any atom is 0.234 e. The normalized spacial score (nSPS) is 26.7. The third-order valence-electron chi connectivity index (χ3n) is 2.94. The molecule has 0 spiro atoms. The Bertz CT molecular complexity index is 211. The lowest BCUT2D eigenvalue weighted by Crippen LogP contribution is -2.45. The molecule has 1 amide bonds. The Morgan fingerprint density at radius 3 is 2.56 bits per heavy atom. The van der Waals surface area contributed by atoms with Crippen LogP contribution in [-0.4, -0.2) is 50.7 Å². The molecular weight excluding hydrogens is 204 g/mol. The van der Waals surface area contributed by atoms with E-state index in [1.165, 1.54) is 6.42 Å². The predicted octanol–water partition coefficient (Wildman–Crippen LogP) is 0.727. The minimum atomic E-state index is 0.110. The molecule has 0 radical (unpaired) electrons. The van der Waals surface area contributed by atoms with Gasteiger partial charge >= 0.3 is 0 Å². The number of nitrogens with zero attached hydrogens (tertiary/aromatic N) is 1. The van der Waals surface area contributed by atoms with Crippen LogP contribution < -0.4 is 5.32 Å². The first kappa shape index (κ1) is 13.5. The van der Waals surface area contributed by atoms with Gasteiger partial charge in [0.2, 0.25) is 5.91 Å². The van der Waals surface area contributed by atoms with Gasteiger partial charge < -0.3 is 10.1 Å². The molecule has 0 bridgehead atoms. The standard InChI is InChI=1S/C12H24N2O2/c1-10-6-11(2)8-14(7-10)9-12(15)13-4-5-16-3/h10-11H,4-9H2,1-3H3,(H,13,15)/t10-,11+. The van der Waals surface area contributed by atoms with Crippen molar-refractivity contribution in [1.29, 1.82) is 0 Å². The first-order chi connectivity index (χ1) is 7.61. The summed E-state index contributed by atoms with van der Waals surface area (Å²) >= 11 is 0. The van der Waals surface area contributed by atoms with Crippen LogP contribution in [0.3, 0.4) is 0 Å². The Kier molecular flexibility index (Phi) is 5.77. The molecule has 4 nitrogen and oxygen atoms in total. The van der Waals surface area contributed by atoms with Gasteiger partial charge in [0.15, 0.2) is 0 Å². The zero-order valence-electron chi connectivity index (χ0n) is 10.7. The van der Waals surface area contributed by atoms with Crippen molar-refractivity contribution in [2.24, 2.45) is 11.8 Å². The number of carbonyl (C=O) groups is 1. The largest absolute Gasteiger partial charge is 0.383 e. The fraction of sp³-hybridized carbons (Fsp3) is 0.917. The molecule has 1 saturated heterocycles. The molecule has 0 aromatic heterocycles. The van der Waals surface area contributed by atoms with Crippen LogP contribution in [0.5, 0.6) is 0 Å². The summed E-state index contributed by atoms with van der Waals surface area (Å²) in [6.07, 6.45) is 1.28. The maximum absolute atomic E-state index is 11.6. The third kappa shape index (κ3) is 4.94. The SMILES string of the molecule is COCCNC(=O)CN1C[C@H](C)C[C@H](C)C1. The van der Waals surface area contributed by atoms with Crippen LogP contribution in [0.4, 0.5) is 0 Å². The Morgan fingerprint density at radius 1 is 1.38 bits per heavy atom. The number of piperidine rings is 1. The minimum absolute atomic E-state index is 0.110. The van der Waals surface area contributed by atoms with Crippen LogP contribution >= 0.6 is 0 Å². The van der Waals surface area contributed by atoms with Crippen molar-refractivity contribution in [2.45, 2.75) is 20.3 Å². The summed E-state index contributed by atoms with van der Waals surface area (Å²) in [6, 6.07) is 0. The van der Waals surface area contributed by atoms with E-state index in [1.54, 1.807) is 7.11 Å². The maximum atomic E-state index is 11.6. The highest BCUT2D eigenvalue weighted by atomic mass is 16.5. The van der Waals surface area contributed by atoms with Crippen molar-refractivity contribution in [2.75, 3.05) is 39.9 Å². The van der Waals surface area contributed by atoms with Crippen molar-refractivity contribution < 1.29 is 9.53 Å². The molecule has 1 rings (SSSR count). The number of methoxy groups -OCH3 is 1. The zero-order valence-corrected chi connectivity index (χ0v) is 10.7. The molecule has 0 aromatic rings. The van der Waals surface area contributed by atoms with Crippen molar-refractivity contribution in [3.8, 4) is 0 Å². The number of hydrogen-bond acceptors (Lipinski definition) is 3. The fourth-order valence-electron chi connectivity index (χ4n) is 2.47. The van der Waals surface area contributed by atoms with E-state index < -0.39 is 0 Å². The Labute approximate surface area is 98.3 Å². The summed E-state index contributed by atoms with van der Waals surface area (Å²) in [6.45, 7) is 8.31. The molecule has 16 heavy (non-hydrogen) atoms. The average Bonchev–Trinajstić information content (AvgIpc) is 2.16. The van der Waals surface area contributed by atoms with Crippen LogP contribution in [0.1, 0.15) is 20.3 Å². The minimum Gasteiger partial charge on any atom is -0.383 e. The molecular formula is C12H24N2O2. The number of likely N-dealkylation sites (tertiary alicyclic amines) is 1. The number of nitrogens with one attached hydrogen (secondary N) is 1. The van der Waals surface area contributed by atoms with E-state index in [-0.39, 0.29) is 5.91 Å². The average molecular weight is 228 g/mol. The van der Waals surface area contributed by atoms with E-state index in [1.807, 2.05) is 0 Å². The van der Waals surface area contributed by atoms with Gasteiger partial charge in [0, 0.05) is 26.7 Å². The number of amides is 1. The lowest BCUT2D eigenvalue weighted by Gasteiger charge is -2.34. The second-order valence-corrected chi connectivity index (χ2v) is 4.98. The summed E-state index contributed by atoms with van der Waals surface area (Å²) in [5.74, 6) is 1.52. The smallest absolute Gasteiger partial charge is 0.234 e. The molecule has 2 atom stereocenters. The van der Waals surface area contributed by atoms with Gasteiger partial charge in [-0.15, -0.1) is 0 Å². The van der Waals surface area contributed by atoms with E-state index in [9.17, 15) is 4.79 Å². The van der Waals surface area contributed by atoms with E-state index in [0.29, 0.717) is 31.5 Å². The van der Waals surface area contributed by atoms with Gasteiger partial charge in [-0.2, -0.15) is 0 Å². The molecule has 0 saturated carbocycles. The van der Waals surface area contributed by atoms with Crippen LogP contribution in [0.15, 0.2) is 0 Å². The third-order valence-corrected chi connectivity index (χ3v) is 2.94. The second kappa shape index (κ2) is 6.86. The summed E-state index contributed by atoms with van der Waals surface area (Å²) in [4.78, 5) is 13.8. The monoisotopic (exact) mass is 228 g/mol. The van der Waals surface area contributed by atoms with Crippen LogP contribution in [0, 0.1) is 11.8 Å². The van der Waals surface area contributed by atoms with Crippen LogP contribution in [-0.2, 0) is 9.53 Å². The fourth-order valence-corrected chi connectivity index (χ4v) is 2.47. The molecule has 1 N–H and O–H groups in total. The Hall–Kier alpha value is -0.610. The number of carbonyl (C=O) groups excluding carboxylic acids is 1. The lowest BCUT2D eigenvalue weighted by molar-refractivity contribution is -0.123. The summed E-state index contributed by atoms with van der Waals surface area (Å²) in [5, 5.41) is 2.85. The molecule has 0 aromatic carbocycles. The molecule has 1 aliphatic heterocycles. The Balaban J connectivity index is 2.22. The van der Waals surface area contributed by atoms with E-state index in [4.69, 9.17) is 4.74 Å². The first-order valence-corrected chi connectivity index (χ1v) is 6.09.